The van der Waals surface area contributed by atoms with Crippen LogP contribution in [0.2, 0.25) is 0 Å². The normalized spacial score (nSPS) is 11.1. The van der Waals surface area contributed by atoms with Crippen molar-refractivity contribution in [2.75, 3.05) is 6.54 Å². The van der Waals surface area contributed by atoms with Crippen molar-refractivity contribution < 1.29 is 14.7 Å². The van der Waals surface area contributed by atoms with E-state index in [1.165, 1.54) is 5.56 Å². The quantitative estimate of drug-likeness (QED) is 0.793. The van der Waals surface area contributed by atoms with Crippen LogP contribution in [0, 0.1) is 0 Å². The van der Waals surface area contributed by atoms with E-state index in [0.717, 1.165) is 6.42 Å². The first-order valence-corrected chi connectivity index (χ1v) is 6.46. The number of carbonyl (C=O) groups excluding carboxylic acids is 1. The van der Waals surface area contributed by atoms with Crippen LogP contribution in [0.3, 0.4) is 0 Å². The second kappa shape index (κ2) is 6.92. The maximum absolute atomic E-state index is 11.6. The van der Waals surface area contributed by atoms with Crippen LogP contribution in [0.5, 0.6) is 0 Å². The second-order valence-corrected chi connectivity index (χ2v) is 5.24. The number of benzene rings is 1. The van der Waals surface area contributed by atoms with Gasteiger partial charge in [0.15, 0.2) is 0 Å². The Morgan fingerprint density at radius 2 is 1.79 bits per heavy atom. The molecule has 104 valence electrons. The Balaban J connectivity index is 2.39. The molecule has 1 aromatic rings. The van der Waals surface area contributed by atoms with Gasteiger partial charge in [0, 0.05) is 13.0 Å². The van der Waals surface area contributed by atoms with Crippen LogP contribution in [0.4, 0.5) is 0 Å². The molecule has 2 N–H and O–H groups in total. The zero-order chi connectivity index (χ0) is 14.3. The molecule has 0 aliphatic rings. The Kier molecular flexibility index (Phi) is 5.55. The summed E-state index contributed by atoms with van der Waals surface area (Å²) in [5.74, 6) is -0.991. The maximum atomic E-state index is 11.6. The molecule has 0 aliphatic carbocycles. The summed E-state index contributed by atoms with van der Waals surface area (Å²) in [4.78, 5) is 21.9. The zero-order valence-corrected chi connectivity index (χ0v) is 11.5. The molecule has 0 aliphatic heterocycles. The van der Waals surface area contributed by atoms with E-state index in [0.29, 0.717) is 6.42 Å². The zero-order valence-electron chi connectivity index (χ0n) is 11.5. The van der Waals surface area contributed by atoms with E-state index in [1.807, 2.05) is 18.2 Å². The van der Waals surface area contributed by atoms with Gasteiger partial charge in [-0.2, -0.15) is 0 Å². The van der Waals surface area contributed by atoms with Crippen LogP contribution < -0.4 is 5.32 Å². The van der Waals surface area contributed by atoms with Crippen molar-refractivity contribution in [3.8, 4) is 0 Å². The Morgan fingerprint density at radius 1 is 1.16 bits per heavy atom. The third kappa shape index (κ3) is 5.55. The van der Waals surface area contributed by atoms with Crippen molar-refractivity contribution in [2.45, 2.75) is 38.5 Å². The summed E-state index contributed by atoms with van der Waals surface area (Å²) in [6, 6.07) is 10.1. The number of nitrogens with one attached hydrogen (secondary N) is 1. The van der Waals surface area contributed by atoms with Gasteiger partial charge in [-0.25, -0.2) is 0 Å². The number of carboxylic acid groups (broad SMARTS) is 1. The lowest BCUT2D eigenvalue weighted by Crippen LogP contribution is -2.28. The smallest absolute Gasteiger partial charge is 0.305 e. The number of aliphatic carboxylic acids is 1. The van der Waals surface area contributed by atoms with Crippen LogP contribution in [0.15, 0.2) is 30.3 Å². The largest absolute Gasteiger partial charge is 0.481 e. The summed E-state index contributed by atoms with van der Waals surface area (Å²) >= 11 is 0. The van der Waals surface area contributed by atoms with Gasteiger partial charge in [0.2, 0.25) is 5.91 Å². The van der Waals surface area contributed by atoms with Gasteiger partial charge in [0.1, 0.15) is 0 Å². The molecule has 0 aromatic heterocycles. The molecule has 0 heterocycles. The predicted molar refractivity (Wildman–Crippen MR) is 74.0 cm³/mol. The molecular formula is C15H21NO3. The average Bonchev–Trinajstić information content (AvgIpc) is 2.37. The van der Waals surface area contributed by atoms with Crippen LogP contribution in [0.25, 0.3) is 0 Å². The van der Waals surface area contributed by atoms with Gasteiger partial charge in [0.05, 0.1) is 6.42 Å². The molecular weight excluding hydrogens is 242 g/mol. The van der Waals surface area contributed by atoms with E-state index in [-0.39, 0.29) is 24.3 Å². The van der Waals surface area contributed by atoms with Crippen LogP contribution >= 0.6 is 0 Å². The van der Waals surface area contributed by atoms with E-state index < -0.39 is 5.97 Å². The molecule has 0 saturated carbocycles. The molecule has 0 saturated heterocycles. The van der Waals surface area contributed by atoms with Gasteiger partial charge in [-0.15, -0.1) is 0 Å². The van der Waals surface area contributed by atoms with Crippen molar-refractivity contribution in [2.24, 2.45) is 0 Å². The van der Waals surface area contributed by atoms with Crippen molar-refractivity contribution in [3.63, 3.8) is 0 Å². The van der Waals surface area contributed by atoms with Gasteiger partial charge >= 0.3 is 5.97 Å². The Hall–Kier alpha value is -1.84. The minimum absolute atomic E-state index is 0.0339. The van der Waals surface area contributed by atoms with Crippen LogP contribution in [-0.2, 0) is 15.0 Å². The molecule has 1 amide bonds. The number of amides is 1. The lowest BCUT2D eigenvalue weighted by molar-refractivity contribution is -0.136. The van der Waals surface area contributed by atoms with Gasteiger partial charge in [-0.3, -0.25) is 9.59 Å². The van der Waals surface area contributed by atoms with E-state index >= 15 is 0 Å². The number of carboxylic acids is 1. The molecule has 0 unspecified atom stereocenters. The first-order valence-electron chi connectivity index (χ1n) is 6.46. The highest BCUT2D eigenvalue weighted by Gasteiger charge is 2.21. The van der Waals surface area contributed by atoms with Crippen molar-refractivity contribution in [1.82, 2.24) is 5.32 Å². The van der Waals surface area contributed by atoms with E-state index in [1.54, 1.807) is 0 Å². The second-order valence-electron chi connectivity index (χ2n) is 5.24. The highest BCUT2D eigenvalue weighted by Crippen LogP contribution is 2.27. The predicted octanol–water partition coefficient (Wildman–Crippen LogP) is 2.34. The Morgan fingerprint density at radius 3 is 2.37 bits per heavy atom. The van der Waals surface area contributed by atoms with E-state index in [2.05, 4.69) is 31.3 Å². The van der Waals surface area contributed by atoms with Gasteiger partial charge < -0.3 is 10.4 Å². The van der Waals surface area contributed by atoms with E-state index in [4.69, 9.17) is 5.11 Å². The molecule has 0 atom stereocenters. The number of rotatable bonds is 7. The standard InChI is InChI=1S/C15H21NO3/c1-15(2,12-6-4-3-5-7-12)10-8-13(17)16-11-9-14(18)19/h3-7H,8-11H2,1-2H3,(H,16,17)(H,18,19). The molecule has 0 bridgehead atoms. The van der Waals surface area contributed by atoms with Gasteiger partial charge in [-0.05, 0) is 17.4 Å². The fraction of sp³-hybridized carbons (Fsp3) is 0.467. The topological polar surface area (TPSA) is 66.4 Å². The SMILES string of the molecule is CC(C)(CCC(=O)NCCC(=O)O)c1ccccc1. The molecule has 0 radical (unpaired) electrons. The fourth-order valence-electron chi connectivity index (χ4n) is 1.86. The van der Waals surface area contributed by atoms with Crippen molar-refractivity contribution in [3.05, 3.63) is 35.9 Å². The highest BCUT2D eigenvalue weighted by atomic mass is 16.4. The average molecular weight is 263 g/mol. The first-order chi connectivity index (χ1) is 8.92. The summed E-state index contributed by atoms with van der Waals surface area (Å²) in [6.07, 6.45) is 1.10. The molecule has 1 aromatic carbocycles. The minimum atomic E-state index is -0.898. The molecule has 19 heavy (non-hydrogen) atoms. The first kappa shape index (κ1) is 15.2. The molecule has 4 heteroatoms. The fourth-order valence-corrected chi connectivity index (χ4v) is 1.86. The Labute approximate surface area is 113 Å². The maximum Gasteiger partial charge on any atom is 0.305 e. The third-order valence-electron chi connectivity index (χ3n) is 3.19. The Bertz CT molecular complexity index is 426. The van der Waals surface area contributed by atoms with Crippen molar-refractivity contribution in [1.29, 1.82) is 0 Å². The van der Waals surface area contributed by atoms with Crippen LogP contribution in [-0.4, -0.2) is 23.5 Å². The van der Waals surface area contributed by atoms with Crippen molar-refractivity contribution >= 4 is 11.9 Å². The summed E-state index contributed by atoms with van der Waals surface area (Å²) in [6.45, 7) is 4.40. The molecule has 0 spiro atoms. The summed E-state index contributed by atoms with van der Waals surface area (Å²) < 4.78 is 0. The summed E-state index contributed by atoms with van der Waals surface area (Å²) in [7, 11) is 0. The number of hydrogen-bond donors (Lipinski definition) is 2. The summed E-state index contributed by atoms with van der Waals surface area (Å²) in [5.41, 5.74) is 1.14. The lowest BCUT2D eigenvalue weighted by atomic mass is 9.80. The van der Waals surface area contributed by atoms with E-state index in [9.17, 15) is 9.59 Å². The molecule has 0 fully saturated rings. The van der Waals surface area contributed by atoms with Gasteiger partial charge in [0.25, 0.3) is 0 Å². The third-order valence-corrected chi connectivity index (χ3v) is 3.19. The van der Waals surface area contributed by atoms with Crippen LogP contribution in [0.1, 0.15) is 38.7 Å². The number of carbonyl (C=O) groups is 2. The molecule has 1 rings (SSSR count). The van der Waals surface area contributed by atoms with Gasteiger partial charge in [-0.1, -0.05) is 44.2 Å². The lowest BCUT2D eigenvalue weighted by Gasteiger charge is -2.25. The molecule has 4 nitrogen and oxygen atoms in total. The highest BCUT2D eigenvalue weighted by molar-refractivity contribution is 5.76. The monoisotopic (exact) mass is 263 g/mol. The number of hydrogen-bond acceptors (Lipinski definition) is 2. The minimum Gasteiger partial charge on any atom is -0.481 e. The summed E-state index contributed by atoms with van der Waals surface area (Å²) in [5, 5.41) is 11.1.